The molecule has 0 saturated heterocycles. The fourth-order valence-electron chi connectivity index (χ4n) is 3.55. The van der Waals surface area contributed by atoms with E-state index in [9.17, 15) is 9.90 Å². The lowest BCUT2D eigenvalue weighted by Gasteiger charge is -2.16. The molecule has 5 rings (SSSR count). The molecule has 8 heteroatoms. The van der Waals surface area contributed by atoms with E-state index in [0.717, 1.165) is 27.5 Å². The summed E-state index contributed by atoms with van der Waals surface area (Å²) < 4.78 is 1.33. The van der Waals surface area contributed by atoms with E-state index in [-0.39, 0.29) is 6.61 Å². The Kier molecular flexibility index (Phi) is 4.45. The third-order valence-corrected chi connectivity index (χ3v) is 5.05. The maximum absolute atomic E-state index is 13.2. The number of nitrogens with one attached hydrogen (secondary N) is 2. The van der Waals surface area contributed by atoms with E-state index < -0.39 is 12.1 Å². The van der Waals surface area contributed by atoms with Gasteiger partial charge in [0.1, 0.15) is 5.69 Å². The van der Waals surface area contributed by atoms with Crippen LogP contribution in [0.3, 0.4) is 0 Å². The number of amides is 1. The molecular formula is C22H18N6O2. The summed E-state index contributed by atoms with van der Waals surface area (Å²) in [6, 6.07) is 15.8. The van der Waals surface area contributed by atoms with Crippen molar-refractivity contribution in [1.82, 2.24) is 30.0 Å². The molecule has 3 heterocycles. The predicted octanol–water partition coefficient (Wildman–Crippen LogP) is 3.27. The number of aliphatic hydroxyl groups is 1. The maximum atomic E-state index is 13.2. The molecule has 0 bridgehead atoms. The fraction of sp³-hybridized carbons (Fsp3) is 0.0909. The van der Waals surface area contributed by atoms with Crippen molar-refractivity contribution < 1.29 is 9.90 Å². The molecule has 0 spiro atoms. The standard InChI is InChI=1S/C22H18N6O2/c29-12-19(14-4-2-1-3-5-14)26-22(30)28-20-11-18-17(24-13-25-18)10-16(20)21(27-28)15-6-8-23-9-7-15/h1-11,13,19,29H,12H2,(H,24,25)(H,26,30)/t19-/m1/s1. The van der Waals surface area contributed by atoms with Gasteiger partial charge < -0.3 is 15.4 Å². The van der Waals surface area contributed by atoms with Gasteiger partial charge >= 0.3 is 6.03 Å². The average Bonchev–Trinajstić information content (AvgIpc) is 3.41. The van der Waals surface area contributed by atoms with Crippen LogP contribution < -0.4 is 5.32 Å². The number of pyridine rings is 1. The van der Waals surface area contributed by atoms with Gasteiger partial charge in [0.15, 0.2) is 0 Å². The van der Waals surface area contributed by atoms with Gasteiger partial charge in [-0.15, -0.1) is 0 Å². The van der Waals surface area contributed by atoms with Crippen LogP contribution in [0.1, 0.15) is 11.6 Å². The number of aromatic amines is 1. The van der Waals surface area contributed by atoms with Crippen molar-refractivity contribution >= 4 is 28.0 Å². The number of carbonyl (C=O) groups excluding carboxylic acids is 1. The average molecular weight is 398 g/mol. The highest BCUT2D eigenvalue weighted by Gasteiger charge is 2.21. The second kappa shape index (κ2) is 7.41. The van der Waals surface area contributed by atoms with Gasteiger partial charge in [0, 0.05) is 23.3 Å². The molecule has 8 nitrogen and oxygen atoms in total. The van der Waals surface area contributed by atoms with Crippen molar-refractivity contribution in [2.45, 2.75) is 6.04 Å². The second-order valence-corrected chi connectivity index (χ2v) is 6.88. The summed E-state index contributed by atoms with van der Waals surface area (Å²) in [4.78, 5) is 24.6. The number of H-pyrrole nitrogens is 1. The van der Waals surface area contributed by atoms with Gasteiger partial charge in [0.05, 0.1) is 35.5 Å². The summed E-state index contributed by atoms with van der Waals surface area (Å²) in [6.45, 7) is -0.225. The van der Waals surface area contributed by atoms with Crippen molar-refractivity contribution in [3.05, 3.63) is 78.9 Å². The Morgan fingerprint density at radius 3 is 2.70 bits per heavy atom. The first kappa shape index (κ1) is 18.0. The maximum Gasteiger partial charge on any atom is 0.343 e. The number of carbonyl (C=O) groups is 1. The summed E-state index contributed by atoms with van der Waals surface area (Å²) in [5.41, 5.74) is 4.55. The molecule has 30 heavy (non-hydrogen) atoms. The molecule has 1 amide bonds. The molecule has 0 aliphatic heterocycles. The number of hydrogen-bond donors (Lipinski definition) is 3. The van der Waals surface area contributed by atoms with Crippen LogP contribution in [0.5, 0.6) is 0 Å². The van der Waals surface area contributed by atoms with Crippen LogP contribution in [-0.4, -0.2) is 42.5 Å². The Bertz CT molecular complexity index is 1330. The highest BCUT2D eigenvalue weighted by molar-refractivity contribution is 6.04. The zero-order chi connectivity index (χ0) is 20.5. The Morgan fingerprint density at radius 1 is 1.13 bits per heavy atom. The fourth-order valence-corrected chi connectivity index (χ4v) is 3.55. The first-order chi connectivity index (χ1) is 14.7. The van der Waals surface area contributed by atoms with Crippen LogP contribution in [0, 0.1) is 0 Å². The lowest BCUT2D eigenvalue weighted by molar-refractivity contribution is 0.216. The summed E-state index contributed by atoms with van der Waals surface area (Å²) in [6.07, 6.45) is 4.99. The summed E-state index contributed by atoms with van der Waals surface area (Å²) >= 11 is 0. The van der Waals surface area contributed by atoms with Crippen molar-refractivity contribution in [3.63, 3.8) is 0 Å². The lowest BCUT2D eigenvalue weighted by Crippen LogP contribution is -2.34. The quantitative estimate of drug-likeness (QED) is 0.431. The molecule has 0 aliphatic rings. The number of fused-ring (bicyclic) bond motifs is 2. The van der Waals surface area contributed by atoms with Crippen molar-refractivity contribution in [3.8, 4) is 11.3 Å². The molecular weight excluding hydrogens is 380 g/mol. The van der Waals surface area contributed by atoms with Gasteiger partial charge in [-0.3, -0.25) is 4.98 Å². The number of imidazole rings is 1. The van der Waals surface area contributed by atoms with Crippen LogP contribution in [0.2, 0.25) is 0 Å². The number of aliphatic hydroxyl groups excluding tert-OH is 1. The van der Waals surface area contributed by atoms with E-state index in [1.54, 1.807) is 18.7 Å². The largest absolute Gasteiger partial charge is 0.394 e. The van der Waals surface area contributed by atoms with Crippen LogP contribution in [-0.2, 0) is 0 Å². The minimum atomic E-state index is -0.543. The van der Waals surface area contributed by atoms with Crippen LogP contribution in [0.4, 0.5) is 4.79 Å². The minimum absolute atomic E-state index is 0.225. The molecule has 0 fully saturated rings. The van der Waals surface area contributed by atoms with E-state index in [2.05, 4.69) is 25.4 Å². The molecule has 148 valence electrons. The summed E-state index contributed by atoms with van der Waals surface area (Å²) in [7, 11) is 0. The minimum Gasteiger partial charge on any atom is -0.394 e. The predicted molar refractivity (Wildman–Crippen MR) is 113 cm³/mol. The SMILES string of the molecule is O=C(N[C@H](CO)c1ccccc1)n1nc(-c2ccncc2)c2cc3nc[nH]c3cc21. The Labute approximate surface area is 171 Å². The summed E-state index contributed by atoms with van der Waals surface area (Å²) in [5.74, 6) is 0. The first-order valence-electron chi connectivity index (χ1n) is 9.47. The zero-order valence-corrected chi connectivity index (χ0v) is 15.9. The van der Waals surface area contributed by atoms with Gasteiger partial charge in [-0.2, -0.15) is 9.78 Å². The number of nitrogens with zero attached hydrogens (tertiary/aromatic N) is 4. The number of hydrogen-bond acceptors (Lipinski definition) is 5. The van der Waals surface area contributed by atoms with Gasteiger partial charge in [0.25, 0.3) is 0 Å². The Hall–Kier alpha value is -4.04. The second-order valence-electron chi connectivity index (χ2n) is 6.88. The number of aromatic nitrogens is 5. The van der Waals surface area contributed by atoms with Crippen molar-refractivity contribution in [2.24, 2.45) is 0 Å². The third-order valence-electron chi connectivity index (χ3n) is 5.05. The smallest absolute Gasteiger partial charge is 0.343 e. The van der Waals surface area contributed by atoms with E-state index in [4.69, 9.17) is 0 Å². The Balaban J connectivity index is 1.62. The molecule has 0 unspecified atom stereocenters. The van der Waals surface area contributed by atoms with Crippen LogP contribution >= 0.6 is 0 Å². The van der Waals surface area contributed by atoms with Crippen LogP contribution in [0.15, 0.2) is 73.3 Å². The van der Waals surface area contributed by atoms with E-state index >= 15 is 0 Å². The zero-order valence-electron chi connectivity index (χ0n) is 15.9. The van der Waals surface area contributed by atoms with Crippen molar-refractivity contribution in [2.75, 3.05) is 6.61 Å². The molecule has 2 aromatic carbocycles. The van der Waals surface area contributed by atoms with E-state index in [0.29, 0.717) is 11.2 Å². The molecule has 3 N–H and O–H groups in total. The van der Waals surface area contributed by atoms with E-state index in [1.807, 2.05) is 54.6 Å². The summed E-state index contributed by atoms with van der Waals surface area (Å²) in [5, 5.41) is 18.1. The third kappa shape index (κ3) is 3.09. The molecule has 0 aliphatic carbocycles. The topological polar surface area (TPSA) is 109 Å². The van der Waals surface area contributed by atoms with Crippen molar-refractivity contribution in [1.29, 1.82) is 0 Å². The van der Waals surface area contributed by atoms with Gasteiger partial charge in [-0.25, -0.2) is 9.78 Å². The normalized spacial score (nSPS) is 12.3. The molecule has 3 aromatic heterocycles. The monoisotopic (exact) mass is 398 g/mol. The molecule has 5 aromatic rings. The van der Waals surface area contributed by atoms with Gasteiger partial charge in [-0.1, -0.05) is 30.3 Å². The van der Waals surface area contributed by atoms with Gasteiger partial charge in [0.2, 0.25) is 0 Å². The number of rotatable bonds is 4. The Morgan fingerprint density at radius 2 is 1.93 bits per heavy atom. The lowest BCUT2D eigenvalue weighted by atomic mass is 10.1. The highest BCUT2D eigenvalue weighted by Crippen LogP contribution is 2.30. The number of benzene rings is 2. The molecule has 0 saturated carbocycles. The van der Waals surface area contributed by atoms with Gasteiger partial charge in [-0.05, 0) is 29.8 Å². The van der Waals surface area contributed by atoms with E-state index in [1.165, 1.54) is 4.68 Å². The first-order valence-corrected chi connectivity index (χ1v) is 9.47. The highest BCUT2D eigenvalue weighted by atomic mass is 16.3. The molecule has 1 atom stereocenters. The molecule has 0 radical (unpaired) electrons. The van der Waals surface area contributed by atoms with Crippen LogP contribution in [0.25, 0.3) is 33.2 Å².